The second-order valence-corrected chi connectivity index (χ2v) is 4.90. The Balaban J connectivity index is 2.27. The lowest BCUT2D eigenvalue weighted by Crippen LogP contribution is -2.45. The van der Waals surface area contributed by atoms with Crippen molar-refractivity contribution in [3.8, 4) is 0 Å². The molecule has 17 heavy (non-hydrogen) atoms. The zero-order valence-electron chi connectivity index (χ0n) is 10.8. The van der Waals surface area contributed by atoms with Crippen LogP contribution in [0, 0.1) is 0 Å². The van der Waals surface area contributed by atoms with Crippen molar-refractivity contribution in [1.29, 1.82) is 0 Å². The standard InChI is InChI=1S/C14H21NO2/c1-10-8-15(9-11(2)17-10)14-7-5-4-6-13(14)12(3)16/h4-7,10-12,16H,8-9H2,1-3H3/t10-,11+,12?. The van der Waals surface area contributed by atoms with Crippen LogP contribution in [0.25, 0.3) is 0 Å². The van der Waals surface area contributed by atoms with Gasteiger partial charge in [0.2, 0.25) is 0 Å². The number of aliphatic hydroxyl groups excluding tert-OH is 1. The van der Waals surface area contributed by atoms with Gasteiger partial charge in [0.15, 0.2) is 0 Å². The van der Waals surface area contributed by atoms with E-state index in [0.29, 0.717) is 0 Å². The molecule has 3 heteroatoms. The Bertz CT molecular complexity index is 368. The van der Waals surface area contributed by atoms with Gasteiger partial charge in [-0.25, -0.2) is 0 Å². The van der Waals surface area contributed by atoms with Gasteiger partial charge in [-0.3, -0.25) is 0 Å². The smallest absolute Gasteiger partial charge is 0.0781 e. The summed E-state index contributed by atoms with van der Waals surface area (Å²) in [7, 11) is 0. The van der Waals surface area contributed by atoms with Crippen LogP contribution in [-0.2, 0) is 4.74 Å². The van der Waals surface area contributed by atoms with E-state index in [9.17, 15) is 5.11 Å². The minimum absolute atomic E-state index is 0.237. The van der Waals surface area contributed by atoms with Crippen molar-refractivity contribution in [2.75, 3.05) is 18.0 Å². The van der Waals surface area contributed by atoms with Gasteiger partial charge in [-0.2, -0.15) is 0 Å². The molecule has 3 atom stereocenters. The van der Waals surface area contributed by atoms with E-state index in [-0.39, 0.29) is 12.2 Å². The number of benzene rings is 1. The summed E-state index contributed by atoms with van der Waals surface area (Å²) in [5.41, 5.74) is 2.12. The average molecular weight is 235 g/mol. The highest BCUT2D eigenvalue weighted by molar-refractivity contribution is 5.55. The van der Waals surface area contributed by atoms with Crippen molar-refractivity contribution in [3.63, 3.8) is 0 Å². The molecule has 94 valence electrons. The maximum atomic E-state index is 9.81. The first-order chi connectivity index (χ1) is 8.08. The zero-order valence-corrected chi connectivity index (χ0v) is 10.8. The predicted molar refractivity (Wildman–Crippen MR) is 69.3 cm³/mol. The van der Waals surface area contributed by atoms with Crippen molar-refractivity contribution < 1.29 is 9.84 Å². The number of morpholine rings is 1. The third-order valence-corrected chi connectivity index (χ3v) is 3.15. The van der Waals surface area contributed by atoms with Crippen LogP contribution in [0.2, 0.25) is 0 Å². The molecule has 0 aliphatic carbocycles. The molecule has 1 heterocycles. The molecule has 1 aromatic carbocycles. The molecular weight excluding hydrogens is 214 g/mol. The van der Waals surface area contributed by atoms with Crippen molar-refractivity contribution >= 4 is 5.69 Å². The first-order valence-corrected chi connectivity index (χ1v) is 6.25. The molecule has 0 bridgehead atoms. The van der Waals surface area contributed by atoms with Crippen molar-refractivity contribution in [2.45, 2.75) is 39.1 Å². The van der Waals surface area contributed by atoms with E-state index in [0.717, 1.165) is 24.3 Å². The number of anilines is 1. The summed E-state index contributed by atoms with van der Waals surface area (Å²) in [4.78, 5) is 2.31. The van der Waals surface area contributed by atoms with Crippen molar-refractivity contribution in [1.82, 2.24) is 0 Å². The van der Waals surface area contributed by atoms with Crippen LogP contribution >= 0.6 is 0 Å². The highest BCUT2D eigenvalue weighted by Crippen LogP contribution is 2.28. The van der Waals surface area contributed by atoms with Gasteiger partial charge in [0.25, 0.3) is 0 Å². The third-order valence-electron chi connectivity index (χ3n) is 3.15. The molecule has 1 saturated heterocycles. The zero-order chi connectivity index (χ0) is 12.4. The van der Waals surface area contributed by atoms with Gasteiger partial charge in [-0.05, 0) is 26.8 Å². The summed E-state index contributed by atoms with van der Waals surface area (Å²) in [6, 6.07) is 8.06. The first-order valence-electron chi connectivity index (χ1n) is 6.25. The fourth-order valence-corrected chi connectivity index (χ4v) is 2.50. The molecular formula is C14H21NO2. The van der Waals surface area contributed by atoms with Gasteiger partial charge in [-0.15, -0.1) is 0 Å². The third kappa shape index (κ3) is 2.79. The molecule has 0 amide bonds. The molecule has 1 aromatic rings. The second-order valence-electron chi connectivity index (χ2n) is 4.90. The molecule has 3 nitrogen and oxygen atoms in total. The Morgan fingerprint density at radius 2 is 1.82 bits per heavy atom. The van der Waals surface area contributed by atoms with E-state index in [1.165, 1.54) is 0 Å². The minimum atomic E-state index is -0.431. The van der Waals surface area contributed by atoms with Gasteiger partial charge in [0.05, 0.1) is 18.3 Å². The maximum Gasteiger partial charge on any atom is 0.0781 e. The van der Waals surface area contributed by atoms with Gasteiger partial charge in [0, 0.05) is 24.3 Å². The first kappa shape index (κ1) is 12.4. The quantitative estimate of drug-likeness (QED) is 0.854. The van der Waals surface area contributed by atoms with Gasteiger partial charge in [-0.1, -0.05) is 18.2 Å². The molecule has 1 N–H and O–H groups in total. The largest absolute Gasteiger partial charge is 0.389 e. The predicted octanol–water partition coefficient (Wildman–Crippen LogP) is 2.35. The monoisotopic (exact) mass is 235 g/mol. The molecule has 1 unspecified atom stereocenters. The lowest BCUT2D eigenvalue weighted by atomic mass is 10.1. The lowest BCUT2D eigenvalue weighted by Gasteiger charge is -2.38. The highest BCUT2D eigenvalue weighted by atomic mass is 16.5. The fraction of sp³-hybridized carbons (Fsp3) is 0.571. The normalized spacial score (nSPS) is 26.9. The summed E-state index contributed by atoms with van der Waals surface area (Å²) in [6.07, 6.45) is 0.0428. The summed E-state index contributed by atoms with van der Waals surface area (Å²) in [5.74, 6) is 0. The Morgan fingerprint density at radius 3 is 2.41 bits per heavy atom. The minimum Gasteiger partial charge on any atom is -0.389 e. The maximum absolute atomic E-state index is 9.81. The SMILES string of the molecule is CC(O)c1ccccc1N1C[C@@H](C)O[C@@H](C)C1. The van der Waals surface area contributed by atoms with Crippen LogP contribution in [-0.4, -0.2) is 30.4 Å². The van der Waals surface area contributed by atoms with Crippen LogP contribution in [0.4, 0.5) is 5.69 Å². The molecule has 1 aliphatic rings. The Labute approximate surface area is 103 Å². The van der Waals surface area contributed by atoms with Crippen molar-refractivity contribution in [3.05, 3.63) is 29.8 Å². The number of aliphatic hydroxyl groups is 1. The van der Waals surface area contributed by atoms with E-state index in [1.54, 1.807) is 0 Å². The van der Waals surface area contributed by atoms with Gasteiger partial charge >= 0.3 is 0 Å². The van der Waals surface area contributed by atoms with E-state index in [4.69, 9.17) is 4.74 Å². The van der Waals surface area contributed by atoms with Crippen LogP contribution in [0.15, 0.2) is 24.3 Å². The van der Waals surface area contributed by atoms with Gasteiger partial charge < -0.3 is 14.7 Å². The fourth-order valence-electron chi connectivity index (χ4n) is 2.50. The highest BCUT2D eigenvalue weighted by Gasteiger charge is 2.24. The summed E-state index contributed by atoms with van der Waals surface area (Å²) < 4.78 is 5.73. The molecule has 1 aliphatic heterocycles. The Morgan fingerprint density at radius 1 is 1.24 bits per heavy atom. The number of nitrogens with zero attached hydrogens (tertiary/aromatic N) is 1. The van der Waals surface area contributed by atoms with Gasteiger partial charge in [0.1, 0.15) is 0 Å². The van der Waals surface area contributed by atoms with Crippen molar-refractivity contribution in [2.24, 2.45) is 0 Å². The van der Waals surface area contributed by atoms with E-state index in [2.05, 4.69) is 24.8 Å². The van der Waals surface area contributed by atoms with Crippen LogP contribution < -0.4 is 4.90 Å². The van der Waals surface area contributed by atoms with Crippen LogP contribution in [0.5, 0.6) is 0 Å². The summed E-state index contributed by atoms with van der Waals surface area (Å²) >= 11 is 0. The molecule has 0 spiro atoms. The molecule has 0 saturated carbocycles. The molecule has 0 radical (unpaired) electrons. The number of rotatable bonds is 2. The average Bonchev–Trinajstić information content (AvgIpc) is 2.27. The Hall–Kier alpha value is -1.06. The van der Waals surface area contributed by atoms with E-state index in [1.807, 2.05) is 25.1 Å². The van der Waals surface area contributed by atoms with E-state index < -0.39 is 6.10 Å². The number of ether oxygens (including phenoxy) is 1. The summed E-state index contributed by atoms with van der Waals surface area (Å²) in [5, 5.41) is 9.81. The number of para-hydroxylation sites is 1. The topological polar surface area (TPSA) is 32.7 Å². The molecule has 2 rings (SSSR count). The second kappa shape index (κ2) is 5.07. The van der Waals surface area contributed by atoms with E-state index >= 15 is 0 Å². The number of hydrogen-bond donors (Lipinski definition) is 1. The summed E-state index contributed by atoms with van der Waals surface area (Å²) in [6.45, 7) is 7.76. The molecule has 1 fully saturated rings. The Kier molecular flexibility index (Phi) is 3.69. The number of hydrogen-bond acceptors (Lipinski definition) is 3. The molecule has 0 aromatic heterocycles. The lowest BCUT2D eigenvalue weighted by molar-refractivity contribution is -0.00538. The van der Waals surface area contributed by atoms with Crippen LogP contribution in [0.1, 0.15) is 32.4 Å². The van der Waals surface area contributed by atoms with Crippen LogP contribution in [0.3, 0.4) is 0 Å².